The second kappa shape index (κ2) is 28.3. The van der Waals surface area contributed by atoms with Gasteiger partial charge in [-0.2, -0.15) is 0 Å². The SMILES string of the molecule is CC1(C)c2cc(-c3ccc4c(c3)-c3ccccc3C43C4CC5CC(C4)CC3C5)ccc2-c2ccc(-c3c4ccccc4c(-c4cc5ccc6cccc7ccc(c4)c5c67)c4ccccc34)cc21.c1ccc(-c2cc(-c3c4ccccc4c(-c4ccc(-n5c6ccccc6c6ccccc65)cc4)c4ccccc34)ccc2-c2ccc3c(c2)-c2ccccc2C32C3CC4CC(C3)CC2C4)cc1. The molecule has 8 fully saturated rings. The summed E-state index contributed by atoms with van der Waals surface area (Å²) in [5.41, 5.74) is 39.8. The zero-order chi connectivity index (χ0) is 87.7. The molecule has 8 bridgehead atoms. The monoisotopic (exact) mass is 1710 g/mol. The summed E-state index contributed by atoms with van der Waals surface area (Å²) in [4.78, 5) is 0. The maximum atomic E-state index is 2.58. The van der Waals surface area contributed by atoms with Crippen LogP contribution in [0.3, 0.4) is 0 Å². The Morgan fingerprint density at radius 3 is 1.01 bits per heavy atom. The summed E-state index contributed by atoms with van der Waals surface area (Å²) in [7, 11) is 0. The van der Waals surface area contributed by atoms with Gasteiger partial charge in [-0.05, 0) is 398 Å². The predicted molar refractivity (Wildman–Crippen MR) is 563 cm³/mol. The lowest BCUT2D eigenvalue weighted by atomic mass is 9.43. The smallest absolute Gasteiger partial charge is 0.0541 e. The molecule has 1 aromatic heterocycles. The van der Waals surface area contributed by atoms with Crippen molar-refractivity contribution in [3.05, 3.63) is 428 Å². The number of nitrogens with zero attached hydrogens (tertiary/aromatic N) is 1. The van der Waals surface area contributed by atoms with Crippen LogP contribution in [0.1, 0.15) is 111 Å². The number of benzene rings is 21. The van der Waals surface area contributed by atoms with Crippen molar-refractivity contribution in [3.8, 4) is 117 Å². The molecule has 0 aliphatic heterocycles. The highest BCUT2D eigenvalue weighted by Crippen LogP contribution is 2.72. The topological polar surface area (TPSA) is 4.93 Å². The molecule has 2 spiro atoms. The van der Waals surface area contributed by atoms with Crippen LogP contribution in [0.15, 0.2) is 394 Å². The predicted octanol–water partition coefficient (Wildman–Crippen LogP) is 35.4. The number of fused-ring (bicyclic) bond motifs is 16. The summed E-state index contributed by atoms with van der Waals surface area (Å²) >= 11 is 0. The quantitative estimate of drug-likeness (QED) is 0.106. The van der Waals surface area contributed by atoms with Crippen LogP contribution in [-0.2, 0) is 16.2 Å². The van der Waals surface area contributed by atoms with Crippen LogP contribution >= 0.6 is 0 Å². The minimum Gasteiger partial charge on any atom is -0.309 e. The first-order valence-corrected chi connectivity index (χ1v) is 49.8. The molecule has 134 heavy (non-hydrogen) atoms. The molecule has 0 atom stereocenters. The Kier molecular flexibility index (Phi) is 16.1. The third-order valence-electron chi connectivity index (χ3n) is 35.7. The van der Waals surface area contributed by atoms with E-state index in [1.165, 1.54) is 290 Å². The number of hydrogen-bond acceptors (Lipinski definition) is 0. The first-order valence-electron chi connectivity index (χ1n) is 49.8. The van der Waals surface area contributed by atoms with E-state index in [0.29, 0.717) is 0 Å². The van der Waals surface area contributed by atoms with Crippen LogP contribution in [0.5, 0.6) is 0 Å². The highest BCUT2D eigenvalue weighted by Gasteiger charge is 2.63. The zero-order valence-corrected chi connectivity index (χ0v) is 75.7. The van der Waals surface area contributed by atoms with E-state index >= 15 is 0 Å². The summed E-state index contributed by atoms with van der Waals surface area (Å²) in [6, 6.07) is 151. The Morgan fingerprint density at radius 2 is 0.522 bits per heavy atom. The Balaban J connectivity index is 0.000000128. The molecule has 0 unspecified atom stereocenters. The number of rotatable bonds is 8. The zero-order valence-electron chi connectivity index (χ0n) is 75.7. The van der Waals surface area contributed by atoms with E-state index in [9.17, 15) is 0 Å². The molecule has 1 nitrogen and oxygen atoms in total. The molecule has 636 valence electrons. The molecule has 1 heteroatoms. The molecule has 0 N–H and O–H groups in total. The van der Waals surface area contributed by atoms with Gasteiger partial charge in [-0.15, -0.1) is 0 Å². The first-order chi connectivity index (χ1) is 66.1. The van der Waals surface area contributed by atoms with Crippen molar-refractivity contribution in [2.75, 3.05) is 0 Å². The van der Waals surface area contributed by atoms with Crippen molar-refractivity contribution >= 4 is 97.2 Å². The van der Waals surface area contributed by atoms with Crippen molar-refractivity contribution in [1.82, 2.24) is 4.57 Å². The van der Waals surface area contributed by atoms with E-state index in [1.54, 1.807) is 22.3 Å². The maximum Gasteiger partial charge on any atom is 0.0541 e. The second-order valence-electron chi connectivity index (χ2n) is 42.3. The van der Waals surface area contributed by atoms with E-state index in [4.69, 9.17) is 0 Å². The van der Waals surface area contributed by atoms with E-state index < -0.39 is 0 Å². The molecule has 21 aromatic carbocycles. The van der Waals surface area contributed by atoms with Gasteiger partial charge in [0, 0.05) is 32.7 Å². The summed E-state index contributed by atoms with van der Waals surface area (Å²) in [5.74, 6) is 6.88. The summed E-state index contributed by atoms with van der Waals surface area (Å²) in [6.45, 7) is 4.90. The molecular weight excluding hydrogens is 1610 g/mol. The molecule has 0 amide bonds. The molecule has 22 aromatic rings. The third kappa shape index (κ3) is 10.6. The van der Waals surface area contributed by atoms with Gasteiger partial charge in [-0.1, -0.05) is 341 Å². The fourth-order valence-electron chi connectivity index (χ4n) is 30.9. The standard InChI is InChI=1S/C67H50.C66H49N/c1-66(2)60-36-43(42-24-27-59-57(35-42)50-12-7-8-17-58(50)67(59)48-29-38-28-39(31-48)32-49(67)30-38)22-25-51(60)52-26-23-46(37-61(52)66)64-53-13-3-5-15-55(53)65(56-16-6-4-14-54(56)64)47-33-44-20-18-40-10-9-11-41-19-21-45(34-47)63(44)62(40)41;1-2-14-43(15-3-1)58-40-46(28-32-50(58)45-29-33-61-59(39-45)51-16-8-11-23-60(51)66(61)47-35-41-34-42(37-47)38-48(66)36-41)65-56-21-6-4-19-54(56)64(55-20-5-7-22-57(55)65)44-26-30-49(31-27-44)67-62-24-12-9-17-52(62)53-18-10-13-25-63(53)67/h3-27,33-39,48-49H,28-32H2,1-2H3;1-33,39-42,47-48H,34-38H2. The summed E-state index contributed by atoms with van der Waals surface area (Å²) < 4.78 is 2.41. The lowest BCUT2D eigenvalue weighted by Gasteiger charge is -2.61. The van der Waals surface area contributed by atoms with Gasteiger partial charge in [0.1, 0.15) is 0 Å². The van der Waals surface area contributed by atoms with Crippen LogP contribution in [0, 0.1) is 47.3 Å². The fraction of sp³-hybridized carbons (Fsp3) is 0.173. The molecule has 33 rings (SSSR count). The molecule has 0 saturated heterocycles. The van der Waals surface area contributed by atoms with Crippen molar-refractivity contribution < 1.29 is 0 Å². The van der Waals surface area contributed by atoms with Gasteiger partial charge < -0.3 is 4.57 Å². The third-order valence-corrected chi connectivity index (χ3v) is 35.7. The van der Waals surface area contributed by atoms with E-state index in [2.05, 4.69) is 413 Å². The van der Waals surface area contributed by atoms with Crippen LogP contribution in [0.4, 0.5) is 0 Å². The van der Waals surface area contributed by atoms with Crippen LogP contribution in [0.2, 0.25) is 0 Å². The maximum absolute atomic E-state index is 2.58. The van der Waals surface area contributed by atoms with Crippen LogP contribution in [0.25, 0.3) is 214 Å². The van der Waals surface area contributed by atoms with Gasteiger partial charge in [0.15, 0.2) is 0 Å². The largest absolute Gasteiger partial charge is 0.309 e. The van der Waals surface area contributed by atoms with Gasteiger partial charge >= 0.3 is 0 Å². The number of hydrogen-bond donors (Lipinski definition) is 0. The molecular formula is C133H99N. The van der Waals surface area contributed by atoms with Crippen LogP contribution < -0.4 is 0 Å². The molecule has 8 saturated carbocycles. The molecule has 11 aliphatic carbocycles. The van der Waals surface area contributed by atoms with Gasteiger partial charge in [-0.3, -0.25) is 0 Å². The average Bonchev–Trinajstić information content (AvgIpc) is 1.51. The lowest BCUT2D eigenvalue weighted by Crippen LogP contribution is -2.55. The van der Waals surface area contributed by atoms with Gasteiger partial charge in [0.05, 0.1) is 11.0 Å². The number of para-hydroxylation sites is 2. The second-order valence-corrected chi connectivity index (χ2v) is 42.3. The van der Waals surface area contributed by atoms with Crippen molar-refractivity contribution in [1.29, 1.82) is 0 Å². The normalized spacial score (nSPS) is 21.9. The lowest BCUT2D eigenvalue weighted by molar-refractivity contribution is -0.0399. The molecule has 0 radical (unpaired) electrons. The van der Waals surface area contributed by atoms with Crippen molar-refractivity contribution in [2.45, 2.75) is 94.3 Å². The number of aromatic nitrogens is 1. The fourth-order valence-corrected chi connectivity index (χ4v) is 30.9. The Labute approximate surface area is 782 Å². The minimum atomic E-state index is -0.167. The van der Waals surface area contributed by atoms with Crippen molar-refractivity contribution in [2.24, 2.45) is 47.3 Å². The average molecular weight is 1710 g/mol. The molecule has 1 heterocycles. The van der Waals surface area contributed by atoms with Crippen LogP contribution in [-0.4, -0.2) is 4.57 Å². The first kappa shape index (κ1) is 76.1. The van der Waals surface area contributed by atoms with E-state index in [-0.39, 0.29) is 16.2 Å². The van der Waals surface area contributed by atoms with Gasteiger partial charge in [0.2, 0.25) is 0 Å². The van der Waals surface area contributed by atoms with E-state index in [0.717, 1.165) is 47.3 Å². The highest BCUT2D eigenvalue weighted by molar-refractivity contribution is 6.27. The Hall–Kier alpha value is -14.5. The van der Waals surface area contributed by atoms with E-state index in [1.807, 2.05) is 0 Å². The molecule has 11 aliphatic rings. The van der Waals surface area contributed by atoms with Gasteiger partial charge in [0.25, 0.3) is 0 Å². The Bertz CT molecular complexity index is 8520. The van der Waals surface area contributed by atoms with Gasteiger partial charge in [-0.25, -0.2) is 0 Å². The minimum absolute atomic E-state index is 0.167. The Morgan fingerprint density at radius 1 is 0.194 bits per heavy atom. The summed E-state index contributed by atoms with van der Waals surface area (Å²) in [5, 5.41) is 20.7. The van der Waals surface area contributed by atoms with Crippen molar-refractivity contribution in [3.63, 3.8) is 0 Å². The highest BCUT2D eigenvalue weighted by atomic mass is 15.0. The summed E-state index contributed by atoms with van der Waals surface area (Å²) in [6.07, 6.45) is 14.3.